The van der Waals surface area contributed by atoms with Gasteiger partial charge in [-0.2, -0.15) is 10.6 Å². The number of aromatic amines is 1. The Hall–Kier alpha value is -1.30. The van der Waals surface area contributed by atoms with E-state index in [4.69, 9.17) is 17.3 Å². The smallest absolute Gasteiger partial charge is 0.266 e. The van der Waals surface area contributed by atoms with Crippen molar-refractivity contribution in [2.75, 3.05) is 18.1 Å². The summed E-state index contributed by atoms with van der Waals surface area (Å²) in [7, 11) is -6.67. The molecule has 25 heavy (non-hydrogen) atoms. The lowest BCUT2D eigenvalue weighted by Crippen LogP contribution is -2.31. The fraction of sp³-hybridized carbons (Fsp3) is 0.357. The molecule has 1 amide bonds. The molecule has 8 nitrogen and oxygen atoms in total. The van der Waals surface area contributed by atoms with E-state index in [1.165, 1.54) is 6.07 Å². The molecule has 11 heteroatoms. The van der Waals surface area contributed by atoms with Gasteiger partial charge in [0.1, 0.15) is 10.6 Å². The number of nitrogens with two attached hydrogens (primary N) is 1. The summed E-state index contributed by atoms with van der Waals surface area (Å²) in [4.78, 5) is 14.1. The van der Waals surface area contributed by atoms with Crippen LogP contribution < -0.4 is 10.5 Å². The SMILES string of the molecule is NC(=O)c1[nH]c2ccc(Cl)cc2c1S(=O)(=O)NCC1CCS(O)(O)C1. The Labute approximate surface area is 151 Å². The Kier molecular flexibility index (Phi) is 4.77. The van der Waals surface area contributed by atoms with Gasteiger partial charge in [0, 0.05) is 34.0 Å². The van der Waals surface area contributed by atoms with E-state index < -0.39 is 26.5 Å². The van der Waals surface area contributed by atoms with Crippen LogP contribution in [-0.2, 0) is 10.0 Å². The van der Waals surface area contributed by atoms with Crippen molar-refractivity contribution in [2.45, 2.75) is 11.3 Å². The number of amides is 1. The van der Waals surface area contributed by atoms with E-state index in [1.807, 2.05) is 0 Å². The predicted molar refractivity (Wildman–Crippen MR) is 97.7 cm³/mol. The van der Waals surface area contributed by atoms with Crippen LogP contribution in [0.3, 0.4) is 0 Å². The third-order valence-electron chi connectivity index (χ3n) is 4.15. The Morgan fingerprint density at radius 1 is 1.44 bits per heavy atom. The molecule has 3 rings (SSSR count). The number of aromatic nitrogens is 1. The van der Waals surface area contributed by atoms with Crippen LogP contribution in [0.15, 0.2) is 23.1 Å². The van der Waals surface area contributed by atoms with Gasteiger partial charge in [-0.3, -0.25) is 13.9 Å². The summed E-state index contributed by atoms with van der Waals surface area (Å²) in [5, 5.41) is 0.591. The molecule has 1 aliphatic heterocycles. The number of carbonyl (C=O) groups is 1. The van der Waals surface area contributed by atoms with Gasteiger partial charge < -0.3 is 10.7 Å². The molecule has 2 aromatic rings. The minimum absolute atomic E-state index is 0.0453. The summed E-state index contributed by atoms with van der Waals surface area (Å²) in [6, 6.07) is 4.58. The molecule has 1 fully saturated rings. The maximum atomic E-state index is 12.8. The van der Waals surface area contributed by atoms with Crippen molar-refractivity contribution < 1.29 is 22.3 Å². The summed E-state index contributed by atoms with van der Waals surface area (Å²) in [5.74, 6) is -0.639. The monoisotopic (exact) mass is 407 g/mol. The van der Waals surface area contributed by atoms with Crippen molar-refractivity contribution in [3.63, 3.8) is 0 Å². The van der Waals surface area contributed by atoms with Crippen LogP contribution in [0, 0.1) is 5.92 Å². The van der Waals surface area contributed by atoms with Crippen LogP contribution in [0.5, 0.6) is 0 Å². The van der Waals surface area contributed by atoms with Gasteiger partial charge >= 0.3 is 0 Å². The molecule has 2 heterocycles. The highest BCUT2D eigenvalue weighted by molar-refractivity contribution is 8.24. The van der Waals surface area contributed by atoms with E-state index in [0.717, 1.165) is 0 Å². The highest BCUT2D eigenvalue weighted by Gasteiger charge is 2.31. The second kappa shape index (κ2) is 6.45. The second-order valence-electron chi connectivity index (χ2n) is 6.06. The number of H-pyrrole nitrogens is 1. The first kappa shape index (κ1) is 18.5. The van der Waals surface area contributed by atoms with Crippen LogP contribution in [0.2, 0.25) is 5.02 Å². The van der Waals surface area contributed by atoms with E-state index in [2.05, 4.69) is 9.71 Å². The Balaban J connectivity index is 1.95. The molecule has 138 valence electrons. The molecule has 1 aromatic heterocycles. The molecular weight excluding hydrogens is 390 g/mol. The lowest BCUT2D eigenvalue weighted by Gasteiger charge is -2.26. The van der Waals surface area contributed by atoms with E-state index in [1.54, 1.807) is 12.1 Å². The van der Waals surface area contributed by atoms with E-state index >= 15 is 0 Å². The minimum Gasteiger partial charge on any atom is -0.364 e. The van der Waals surface area contributed by atoms with Crippen LogP contribution in [0.1, 0.15) is 16.9 Å². The van der Waals surface area contributed by atoms with Crippen molar-refractivity contribution in [3.05, 3.63) is 28.9 Å². The molecule has 1 saturated heterocycles. The van der Waals surface area contributed by atoms with Gasteiger partial charge in [-0.05, 0) is 30.5 Å². The van der Waals surface area contributed by atoms with Crippen LogP contribution in [0.4, 0.5) is 0 Å². The fourth-order valence-corrected chi connectivity index (χ4v) is 6.52. The Bertz CT molecular complexity index is 941. The molecule has 0 bridgehead atoms. The molecule has 1 atom stereocenters. The van der Waals surface area contributed by atoms with Gasteiger partial charge in [-0.25, -0.2) is 13.1 Å². The summed E-state index contributed by atoms with van der Waals surface area (Å²) < 4.78 is 47.3. The molecule has 1 aromatic carbocycles. The van der Waals surface area contributed by atoms with Crippen molar-refractivity contribution in [2.24, 2.45) is 11.7 Å². The number of fused-ring (bicyclic) bond motifs is 1. The lowest BCUT2D eigenvalue weighted by molar-refractivity contribution is 0.0993. The van der Waals surface area contributed by atoms with Crippen molar-refractivity contribution in [3.8, 4) is 0 Å². The number of rotatable bonds is 5. The van der Waals surface area contributed by atoms with E-state index in [0.29, 0.717) is 17.0 Å². The zero-order valence-electron chi connectivity index (χ0n) is 13.0. The number of carbonyl (C=O) groups excluding carboxylic acids is 1. The first-order valence-corrected chi connectivity index (χ1v) is 11.2. The summed E-state index contributed by atoms with van der Waals surface area (Å²) in [5.41, 5.74) is 5.51. The number of hydrogen-bond donors (Lipinski definition) is 5. The molecule has 0 aliphatic carbocycles. The summed E-state index contributed by atoms with van der Waals surface area (Å²) >= 11 is 5.94. The lowest BCUT2D eigenvalue weighted by atomic mass is 10.1. The normalized spacial score (nSPS) is 21.5. The van der Waals surface area contributed by atoms with Gasteiger partial charge in [0.2, 0.25) is 10.0 Å². The zero-order chi connectivity index (χ0) is 18.4. The zero-order valence-corrected chi connectivity index (χ0v) is 15.4. The minimum atomic E-state index is -4.06. The van der Waals surface area contributed by atoms with Gasteiger partial charge in [-0.15, -0.1) is 0 Å². The van der Waals surface area contributed by atoms with Crippen LogP contribution in [0.25, 0.3) is 10.9 Å². The topological polar surface area (TPSA) is 146 Å². The standard InChI is InChI=1S/C14H18ClN3O5S2/c15-9-1-2-11-10(5-9)13(12(18-11)14(16)19)25(22,23)17-6-8-3-4-24(20,21)7-8/h1-2,5,8,17-18,20-21H,3-4,6-7H2,(H2,16,19). The van der Waals surface area contributed by atoms with Crippen molar-refractivity contribution in [1.82, 2.24) is 9.71 Å². The number of halogens is 1. The average molecular weight is 408 g/mol. The molecule has 0 saturated carbocycles. The first-order valence-electron chi connectivity index (χ1n) is 7.43. The highest BCUT2D eigenvalue weighted by atomic mass is 35.5. The summed E-state index contributed by atoms with van der Waals surface area (Å²) in [6.07, 6.45) is 0.521. The first-order chi connectivity index (χ1) is 11.6. The molecule has 0 radical (unpaired) electrons. The van der Waals surface area contributed by atoms with Gasteiger partial charge in [0.15, 0.2) is 0 Å². The van der Waals surface area contributed by atoms with E-state index in [9.17, 15) is 22.3 Å². The molecular formula is C14H18ClN3O5S2. The molecule has 0 spiro atoms. The van der Waals surface area contributed by atoms with Gasteiger partial charge in [0.25, 0.3) is 5.91 Å². The number of nitrogens with one attached hydrogen (secondary N) is 2. The predicted octanol–water partition coefficient (Wildman–Crippen LogP) is 1.97. The van der Waals surface area contributed by atoms with E-state index in [-0.39, 0.29) is 39.9 Å². The van der Waals surface area contributed by atoms with Crippen molar-refractivity contribution in [1.29, 1.82) is 0 Å². The molecule has 6 N–H and O–H groups in total. The Morgan fingerprint density at radius 2 is 2.16 bits per heavy atom. The maximum Gasteiger partial charge on any atom is 0.266 e. The fourth-order valence-electron chi connectivity index (χ4n) is 2.95. The van der Waals surface area contributed by atoms with Crippen LogP contribution in [-0.4, -0.2) is 46.5 Å². The molecule has 1 unspecified atom stereocenters. The third-order valence-corrected chi connectivity index (χ3v) is 7.78. The third kappa shape index (κ3) is 3.78. The van der Waals surface area contributed by atoms with Gasteiger partial charge in [0.05, 0.1) is 0 Å². The van der Waals surface area contributed by atoms with Crippen molar-refractivity contribution >= 4 is 49.0 Å². The highest BCUT2D eigenvalue weighted by Crippen LogP contribution is 2.48. The number of benzene rings is 1. The second-order valence-corrected chi connectivity index (χ2v) is 10.5. The number of hydrogen-bond acceptors (Lipinski definition) is 5. The molecule has 1 aliphatic rings. The quantitative estimate of drug-likeness (QED) is 0.514. The number of sulfonamides is 1. The number of primary amides is 1. The summed E-state index contributed by atoms with van der Waals surface area (Å²) in [6.45, 7) is 0.0453. The average Bonchev–Trinajstić information content (AvgIpc) is 3.05. The van der Waals surface area contributed by atoms with Gasteiger partial charge in [-0.1, -0.05) is 11.6 Å². The maximum absolute atomic E-state index is 12.8. The van der Waals surface area contributed by atoms with Crippen LogP contribution >= 0.6 is 22.2 Å². The largest absolute Gasteiger partial charge is 0.364 e. The Morgan fingerprint density at radius 3 is 2.76 bits per heavy atom.